The number of carbonyl (C=O) groups is 1. The van der Waals surface area contributed by atoms with Gasteiger partial charge in [0.25, 0.3) is 0 Å². The van der Waals surface area contributed by atoms with Crippen LogP contribution in [0.25, 0.3) is 0 Å². The second kappa shape index (κ2) is 9.77. The molecule has 2 atom stereocenters. The van der Waals surface area contributed by atoms with Crippen molar-refractivity contribution in [3.8, 4) is 0 Å². The van der Waals surface area contributed by atoms with E-state index in [1.165, 1.54) is 0 Å². The molecule has 0 aromatic heterocycles. The third-order valence-corrected chi connectivity index (χ3v) is 4.18. The van der Waals surface area contributed by atoms with Crippen LogP contribution in [-0.2, 0) is 4.79 Å². The fourth-order valence-corrected chi connectivity index (χ4v) is 2.02. The number of hydrogen-bond donors (Lipinski definition) is 2. The Hall–Kier alpha value is -0.220. The number of thioether (sulfide) groups is 1. The molecule has 0 aromatic rings. The lowest BCUT2D eigenvalue weighted by Gasteiger charge is -2.19. The first kappa shape index (κ1) is 16.8. The molecule has 0 aliphatic rings. The van der Waals surface area contributed by atoms with Gasteiger partial charge in [-0.15, -0.1) is 0 Å². The standard InChI is InChI=1S/C13H28N2OS/c1-10(2)12(7-8-14)5-6-13(16)15-9-11(3)17-4/h10-12H,5-9,14H2,1-4H3,(H,15,16). The van der Waals surface area contributed by atoms with E-state index in [1.54, 1.807) is 11.8 Å². The smallest absolute Gasteiger partial charge is 0.220 e. The average molecular weight is 260 g/mol. The lowest BCUT2D eigenvalue weighted by atomic mass is 9.88. The van der Waals surface area contributed by atoms with E-state index in [1.807, 2.05) is 0 Å². The lowest BCUT2D eigenvalue weighted by Crippen LogP contribution is -2.30. The van der Waals surface area contributed by atoms with E-state index in [0.29, 0.717) is 30.1 Å². The minimum Gasteiger partial charge on any atom is -0.355 e. The summed E-state index contributed by atoms with van der Waals surface area (Å²) >= 11 is 1.77. The quantitative estimate of drug-likeness (QED) is 0.668. The molecule has 0 saturated carbocycles. The zero-order valence-corrected chi connectivity index (χ0v) is 12.5. The van der Waals surface area contributed by atoms with Crippen molar-refractivity contribution in [3.05, 3.63) is 0 Å². The molecule has 2 unspecified atom stereocenters. The first-order chi connectivity index (χ1) is 8.01. The second-order valence-corrected chi connectivity index (χ2v) is 6.25. The first-order valence-corrected chi connectivity index (χ1v) is 7.79. The van der Waals surface area contributed by atoms with Gasteiger partial charge in [0.15, 0.2) is 0 Å². The normalized spacial score (nSPS) is 14.7. The van der Waals surface area contributed by atoms with Crippen LogP contribution in [0.5, 0.6) is 0 Å². The van der Waals surface area contributed by atoms with Crippen LogP contribution in [-0.4, -0.2) is 30.5 Å². The van der Waals surface area contributed by atoms with Gasteiger partial charge in [-0.3, -0.25) is 4.79 Å². The Morgan fingerprint density at radius 3 is 2.41 bits per heavy atom. The van der Waals surface area contributed by atoms with Crippen molar-refractivity contribution in [2.24, 2.45) is 17.6 Å². The van der Waals surface area contributed by atoms with Crippen LogP contribution in [0.15, 0.2) is 0 Å². The summed E-state index contributed by atoms with van der Waals surface area (Å²) in [5.41, 5.74) is 5.59. The maximum absolute atomic E-state index is 11.6. The highest BCUT2D eigenvalue weighted by Gasteiger charge is 2.14. The van der Waals surface area contributed by atoms with Gasteiger partial charge in [-0.2, -0.15) is 11.8 Å². The summed E-state index contributed by atoms with van der Waals surface area (Å²) in [6.07, 6.45) is 4.66. The van der Waals surface area contributed by atoms with Crippen LogP contribution in [0, 0.1) is 11.8 Å². The van der Waals surface area contributed by atoms with Crippen molar-refractivity contribution in [2.75, 3.05) is 19.3 Å². The van der Waals surface area contributed by atoms with Gasteiger partial charge in [0.2, 0.25) is 5.91 Å². The van der Waals surface area contributed by atoms with Crippen molar-refractivity contribution in [3.63, 3.8) is 0 Å². The molecular formula is C13H28N2OS. The SMILES string of the molecule is CSC(C)CNC(=O)CCC(CCN)C(C)C. The predicted molar refractivity (Wildman–Crippen MR) is 77.2 cm³/mol. The molecule has 102 valence electrons. The van der Waals surface area contributed by atoms with Gasteiger partial charge < -0.3 is 11.1 Å². The molecule has 1 amide bonds. The number of nitrogens with one attached hydrogen (secondary N) is 1. The topological polar surface area (TPSA) is 55.1 Å². The van der Waals surface area contributed by atoms with E-state index in [0.717, 1.165) is 19.4 Å². The zero-order valence-electron chi connectivity index (χ0n) is 11.7. The molecule has 17 heavy (non-hydrogen) atoms. The first-order valence-electron chi connectivity index (χ1n) is 6.50. The highest BCUT2D eigenvalue weighted by Crippen LogP contribution is 2.20. The van der Waals surface area contributed by atoms with Crippen LogP contribution in [0.3, 0.4) is 0 Å². The Morgan fingerprint density at radius 1 is 1.29 bits per heavy atom. The van der Waals surface area contributed by atoms with Crippen LogP contribution in [0.2, 0.25) is 0 Å². The number of amides is 1. The molecule has 3 N–H and O–H groups in total. The van der Waals surface area contributed by atoms with Gasteiger partial charge in [0.1, 0.15) is 0 Å². The van der Waals surface area contributed by atoms with E-state index >= 15 is 0 Å². The Morgan fingerprint density at radius 2 is 1.94 bits per heavy atom. The van der Waals surface area contributed by atoms with E-state index < -0.39 is 0 Å². The molecule has 0 radical (unpaired) electrons. The maximum atomic E-state index is 11.6. The van der Waals surface area contributed by atoms with E-state index in [2.05, 4.69) is 32.3 Å². The van der Waals surface area contributed by atoms with Gasteiger partial charge in [0.05, 0.1) is 0 Å². The Labute approximate surface area is 110 Å². The largest absolute Gasteiger partial charge is 0.355 e. The van der Waals surface area contributed by atoms with Gasteiger partial charge in [-0.05, 0) is 37.5 Å². The van der Waals surface area contributed by atoms with Crippen LogP contribution in [0.1, 0.15) is 40.0 Å². The van der Waals surface area contributed by atoms with Gasteiger partial charge in [0, 0.05) is 18.2 Å². The molecule has 0 heterocycles. The molecule has 0 aromatic carbocycles. The Kier molecular flexibility index (Phi) is 9.65. The van der Waals surface area contributed by atoms with Crippen LogP contribution in [0.4, 0.5) is 0 Å². The van der Waals surface area contributed by atoms with E-state index in [4.69, 9.17) is 5.73 Å². The predicted octanol–water partition coefficient (Wildman–Crippen LogP) is 2.26. The van der Waals surface area contributed by atoms with Gasteiger partial charge in [-0.25, -0.2) is 0 Å². The molecule has 0 aliphatic heterocycles. The minimum absolute atomic E-state index is 0.175. The average Bonchev–Trinajstić information content (AvgIpc) is 2.30. The molecule has 4 heteroatoms. The monoisotopic (exact) mass is 260 g/mol. The summed E-state index contributed by atoms with van der Waals surface area (Å²) in [6, 6.07) is 0. The van der Waals surface area contributed by atoms with Crippen LogP contribution >= 0.6 is 11.8 Å². The third-order valence-electron chi connectivity index (χ3n) is 3.21. The minimum atomic E-state index is 0.175. The fraction of sp³-hybridized carbons (Fsp3) is 0.923. The molecule has 0 fully saturated rings. The zero-order chi connectivity index (χ0) is 13.3. The summed E-state index contributed by atoms with van der Waals surface area (Å²) in [5, 5.41) is 3.47. The molecule has 0 aliphatic carbocycles. The van der Waals surface area contributed by atoms with Gasteiger partial charge >= 0.3 is 0 Å². The number of carbonyl (C=O) groups excluding carboxylic acids is 1. The summed E-state index contributed by atoms with van der Waals surface area (Å²) < 4.78 is 0. The van der Waals surface area contributed by atoms with Crippen molar-refractivity contribution in [1.82, 2.24) is 5.32 Å². The fourth-order valence-electron chi connectivity index (χ4n) is 1.77. The molecule has 0 rings (SSSR count). The third kappa shape index (κ3) is 8.50. The highest BCUT2D eigenvalue weighted by atomic mass is 32.2. The van der Waals surface area contributed by atoms with Crippen molar-refractivity contribution < 1.29 is 4.79 Å². The van der Waals surface area contributed by atoms with Gasteiger partial charge in [-0.1, -0.05) is 20.8 Å². The van der Waals surface area contributed by atoms with Crippen molar-refractivity contribution in [2.45, 2.75) is 45.3 Å². The molecular weight excluding hydrogens is 232 g/mol. The lowest BCUT2D eigenvalue weighted by molar-refractivity contribution is -0.121. The maximum Gasteiger partial charge on any atom is 0.220 e. The summed E-state index contributed by atoms with van der Waals surface area (Å²) in [5.74, 6) is 1.36. The summed E-state index contributed by atoms with van der Waals surface area (Å²) in [6.45, 7) is 8.01. The van der Waals surface area contributed by atoms with Crippen molar-refractivity contribution in [1.29, 1.82) is 0 Å². The Balaban J connectivity index is 3.80. The molecule has 0 spiro atoms. The number of hydrogen-bond acceptors (Lipinski definition) is 3. The highest BCUT2D eigenvalue weighted by molar-refractivity contribution is 7.99. The van der Waals surface area contributed by atoms with E-state index in [9.17, 15) is 4.79 Å². The Bertz CT molecular complexity index is 210. The van der Waals surface area contributed by atoms with E-state index in [-0.39, 0.29) is 5.91 Å². The summed E-state index contributed by atoms with van der Waals surface area (Å²) in [4.78, 5) is 11.6. The second-order valence-electron chi connectivity index (χ2n) is 4.97. The summed E-state index contributed by atoms with van der Waals surface area (Å²) in [7, 11) is 0. The van der Waals surface area contributed by atoms with Crippen LogP contribution < -0.4 is 11.1 Å². The molecule has 3 nitrogen and oxygen atoms in total. The number of nitrogens with two attached hydrogens (primary N) is 1. The number of rotatable bonds is 9. The molecule has 0 saturated heterocycles. The van der Waals surface area contributed by atoms with Crippen molar-refractivity contribution >= 4 is 17.7 Å². The molecule has 0 bridgehead atoms.